The summed E-state index contributed by atoms with van der Waals surface area (Å²) >= 11 is 0. The van der Waals surface area contributed by atoms with Crippen LogP contribution < -0.4 is 5.73 Å². The molecule has 0 bridgehead atoms. The highest BCUT2D eigenvalue weighted by atomic mass is 16.2. The zero-order valence-corrected chi connectivity index (χ0v) is 13.2. The van der Waals surface area contributed by atoms with Gasteiger partial charge in [0.15, 0.2) is 0 Å². The van der Waals surface area contributed by atoms with E-state index in [2.05, 4.69) is 43.3 Å². The number of likely N-dealkylation sites (tertiary alicyclic amines) is 1. The zero-order valence-electron chi connectivity index (χ0n) is 13.2. The van der Waals surface area contributed by atoms with Crippen molar-refractivity contribution in [2.24, 2.45) is 5.73 Å². The van der Waals surface area contributed by atoms with Gasteiger partial charge in [-0.2, -0.15) is 0 Å². The topological polar surface area (TPSA) is 46.3 Å². The predicted octanol–water partition coefficient (Wildman–Crippen LogP) is 3.11. The van der Waals surface area contributed by atoms with Crippen molar-refractivity contribution in [3.8, 4) is 0 Å². The van der Waals surface area contributed by atoms with Gasteiger partial charge in [0.25, 0.3) is 0 Å². The number of fused-ring (bicyclic) bond motifs is 1. The van der Waals surface area contributed by atoms with Gasteiger partial charge in [-0.25, -0.2) is 0 Å². The molecule has 2 N–H and O–H groups in total. The standard InChI is InChI=1S/C19H24N2O/c1-14-6-5-11-21(14)19(22)13-17(20)12-16-9-4-8-15-7-2-3-10-18(15)16/h2-4,7-10,14,17H,5-6,11-13,20H2,1H3/t14-,17-/m1/s1. The summed E-state index contributed by atoms with van der Waals surface area (Å²) in [5.74, 6) is 0.206. The molecule has 22 heavy (non-hydrogen) atoms. The molecule has 3 rings (SSSR count). The normalized spacial score (nSPS) is 19.5. The van der Waals surface area contributed by atoms with E-state index in [1.807, 2.05) is 11.0 Å². The Bertz CT molecular complexity index is 662. The fourth-order valence-electron chi connectivity index (χ4n) is 3.47. The highest BCUT2D eigenvalue weighted by Gasteiger charge is 2.26. The van der Waals surface area contributed by atoms with E-state index in [4.69, 9.17) is 5.73 Å². The minimum Gasteiger partial charge on any atom is -0.340 e. The second-order valence-electron chi connectivity index (χ2n) is 6.38. The lowest BCUT2D eigenvalue weighted by molar-refractivity contribution is -0.132. The van der Waals surface area contributed by atoms with Crippen LogP contribution in [0.2, 0.25) is 0 Å². The molecule has 1 heterocycles. The van der Waals surface area contributed by atoms with E-state index in [9.17, 15) is 4.79 Å². The molecule has 0 radical (unpaired) electrons. The molecule has 1 aliphatic heterocycles. The molecule has 2 atom stereocenters. The number of amides is 1. The number of nitrogens with two attached hydrogens (primary N) is 1. The quantitative estimate of drug-likeness (QED) is 0.942. The maximum atomic E-state index is 12.4. The van der Waals surface area contributed by atoms with Gasteiger partial charge in [0, 0.05) is 25.0 Å². The molecule has 0 aliphatic carbocycles. The van der Waals surface area contributed by atoms with Gasteiger partial charge in [-0.3, -0.25) is 4.79 Å². The van der Waals surface area contributed by atoms with Crippen LogP contribution in [-0.2, 0) is 11.2 Å². The van der Waals surface area contributed by atoms with Crippen LogP contribution in [0.15, 0.2) is 42.5 Å². The van der Waals surface area contributed by atoms with E-state index in [0.717, 1.165) is 25.8 Å². The summed E-state index contributed by atoms with van der Waals surface area (Å²) in [6.45, 7) is 3.02. The van der Waals surface area contributed by atoms with Crippen molar-refractivity contribution in [2.75, 3.05) is 6.54 Å². The van der Waals surface area contributed by atoms with Gasteiger partial charge in [0.2, 0.25) is 5.91 Å². The summed E-state index contributed by atoms with van der Waals surface area (Å²) in [6, 6.07) is 14.9. The summed E-state index contributed by atoms with van der Waals surface area (Å²) in [7, 11) is 0. The maximum absolute atomic E-state index is 12.4. The first-order chi connectivity index (χ1) is 10.6. The SMILES string of the molecule is C[C@@H]1CCCN1C(=O)C[C@H](N)Cc1cccc2ccccc12. The molecule has 1 saturated heterocycles. The van der Waals surface area contributed by atoms with E-state index < -0.39 is 0 Å². The Morgan fingerprint density at radius 2 is 2.05 bits per heavy atom. The average Bonchev–Trinajstić information content (AvgIpc) is 2.94. The van der Waals surface area contributed by atoms with Crippen molar-refractivity contribution in [2.45, 2.75) is 44.7 Å². The number of hydrogen-bond donors (Lipinski definition) is 1. The fraction of sp³-hybridized carbons (Fsp3) is 0.421. The second kappa shape index (κ2) is 6.49. The van der Waals surface area contributed by atoms with E-state index in [1.54, 1.807) is 0 Å². The first-order valence-electron chi connectivity index (χ1n) is 8.17. The van der Waals surface area contributed by atoms with Crippen molar-refractivity contribution in [3.05, 3.63) is 48.0 Å². The van der Waals surface area contributed by atoms with Crippen LogP contribution in [-0.4, -0.2) is 29.4 Å². The van der Waals surface area contributed by atoms with Crippen LogP contribution in [0.5, 0.6) is 0 Å². The fourth-order valence-corrected chi connectivity index (χ4v) is 3.47. The third kappa shape index (κ3) is 3.14. The molecular weight excluding hydrogens is 272 g/mol. The van der Waals surface area contributed by atoms with Gasteiger partial charge in [-0.15, -0.1) is 0 Å². The summed E-state index contributed by atoms with van der Waals surface area (Å²) in [6.07, 6.45) is 3.42. The predicted molar refractivity (Wildman–Crippen MR) is 90.7 cm³/mol. The summed E-state index contributed by atoms with van der Waals surface area (Å²) < 4.78 is 0. The van der Waals surface area contributed by atoms with Crippen LogP contribution in [0.3, 0.4) is 0 Å². The Hall–Kier alpha value is -1.87. The van der Waals surface area contributed by atoms with Crippen LogP contribution in [0.25, 0.3) is 10.8 Å². The molecule has 3 nitrogen and oxygen atoms in total. The van der Waals surface area contributed by atoms with Crippen LogP contribution in [0.1, 0.15) is 31.7 Å². The molecule has 1 fully saturated rings. The molecule has 1 amide bonds. The number of benzene rings is 2. The minimum absolute atomic E-state index is 0.119. The summed E-state index contributed by atoms with van der Waals surface area (Å²) in [4.78, 5) is 14.4. The minimum atomic E-state index is -0.119. The largest absolute Gasteiger partial charge is 0.340 e. The van der Waals surface area contributed by atoms with Crippen LogP contribution in [0, 0.1) is 0 Å². The van der Waals surface area contributed by atoms with Crippen LogP contribution >= 0.6 is 0 Å². The lowest BCUT2D eigenvalue weighted by Crippen LogP contribution is -2.38. The monoisotopic (exact) mass is 296 g/mol. The Morgan fingerprint density at radius 3 is 2.82 bits per heavy atom. The lowest BCUT2D eigenvalue weighted by Gasteiger charge is -2.23. The molecular formula is C19H24N2O. The van der Waals surface area contributed by atoms with Gasteiger partial charge in [-0.05, 0) is 42.5 Å². The third-order valence-electron chi connectivity index (χ3n) is 4.67. The van der Waals surface area contributed by atoms with Crippen LogP contribution in [0.4, 0.5) is 0 Å². The van der Waals surface area contributed by atoms with E-state index in [0.29, 0.717) is 12.5 Å². The Labute approximate surface area is 132 Å². The molecule has 0 unspecified atom stereocenters. The number of rotatable bonds is 4. The lowest BCUT2D eigenvalue weighted by atomic mass is 9.97. The maximum Gasteiger partial charge on any atom is 0.224 e. The van der Waals surface area contributed by atoms with Gasteiger partial charge >= 0.3 is 0 Å². The first-order valence-corrected chi connectivity index (χ1v) is 8.17. The van der Waals surface area contributed by atoms with Gasteiger partial charge in [0.1, 0.15) is 0 Å². The average molecular weight is 296 g/mol. The highest BCUT2D eigenvalue weighted by molar-refractivity contribution is 5.85. The Kier molecular flexibility index (Phi) is 4.44. The molecule has 2 aromatic rings. The number of hydrogen-bond acceptors (Lipinski definition) is 2. The molecule has 1 aliphatic rings. The molecule has 0 spiro atoms. The molecule has 0 aromatic heterocycles. The molecule has 2 aromatic carbocycles. The Balaban J connectivity index is 1.68. The number of nitrogens with zero attached hydrogens (tertiary/aromatic N) is 1. The molecule has 3 heteroatoms. The smallest absolute Gasteiger partial charge is 0.224 e. The molecule has 0 saturated carbocycles. The molecule has 116 valence electrons. The number of carbonyl (C=O) groups is 1. The third-order valence-corrected chi connectivity index (χ3v) is 4.67. The summed E-state index contributed by atoms with van der Waals surface area (Å²) in [5.41, 5.74) is 7.49. The van der Waals surface area contributed by atoms with Crippen molar-refractivity contribution >= 4 is 16.7 Å². The number of carbonyl (C=O) groups excluding carboxylic acids is 1. The van der Waals surface area contributed by atoms with E-state index in [1.165, 1.54) is 16.3 Å². The van der Waals surface area contributed by atoms with E-state index in [-0.39, 0.29) is 11.9 Å². The van der Waals surface area contributed by atoms with E-state index >= 15 is 0 Å². The van der Waals surface area contributed by atoms with Gasteiger partial charge in [0.05, 0.1) is 0 Å². The van der Waals surface area contributed by atoms with Crippen molar-refractivity contribution < 1.29 is 4.79 Å². The van der Waals surface area contributed by atoms with Crippen molar-refractivity contribution in [3.63, 3.8) is 0 Å². The van der Waals surface area contributed by atoms with Gasteiger partial charge < -0.3 is 10.6 Å². The van der Waals surface area contributed by atoms with Gasteiger partial charge in [-0.1, -0.05) is 42.5 Å². The first kappa shape index (κ1) is 15.0. The highest BCUT2D eigenvalue weighted by Crippen LogP contribution is 2.21. The summed E-state index contributed by atoms with van der Waals surface area (Å²) in [5, 5.41) is 2.47. The van der Waals surface area contributed by atoms with Crippen molar-refractivity contribution in [1.82, 2.24) is 4.90 Å². The Morgan fingerprint density at radius 1 is 1.27 bits per heavy atom. The second-order valence-corrected chi connectivity index (χ2v) is 6.38. The van der Waals surface area contributed by atoms with Crippen molar-refractivity contribution in [1.29, 1.82) is 0 Å². The zero-order chi connectivity index (χ0) is 15.5.